The molecular formula is C18H35NO. The second-order valence-corrected chi connectivity index (χ2v) is 7.24. The van der Waals surface area contributed by atoms with Crippen LogP contribution in [0, 0.1) is 5.92 Å². The van der Waals surface area contributed by atoms with Gasteiger partial charge in [-0.05, 0) is 44.9 Å². The number of unbranched alkanes of at least 4 members (excludes halogenated alkanes) is 2. The van der Waals surface area contributed by atoms with Gasteiger partial charge in [0.05, 0.1) is 6.10 Å². The molecular weight excluding hydrogens is 246 g/mol. The number of nitrogens with one attached hydrogen (secondary N) is 1. The van der Waals surface area contributed by atoms with E-state index in [1.165, 1.54) is 70.6 Å². The fourth-order valence-corrected chi connectivity index (χ4v) is 4.65. The van der Waals surface area contributed by atoms with Crippen molar-refractivity contribution in [1.82, 2.24) is 5.32 Å². The molecule has 2 aliphatic rings. The first-order chi connectivity index (χ1) is 9.72. The number of hydrogen-bond acceptors (Lipinski definition) is 2. The molecule has 1 aliphatic heterocycles. The maximum Gasteiger partial charge on any atom is 0.0586 e. The Bertz CT molecular complexity index is 277. The maximum atomic E-state index is 10.5. The van der Waals surface area contributed by atoms with Crippen LogP contribution in [0.3, 0.4) is 0 Å². The Morgan fingerprint density at radius 3 is 2.35 bits per heavy atom. The van der Waals surface area contributed by atoms with Crippen molar-refractivity contribution in [3.63, 3.8) is 0 Å². The average molecular weight is 281 g/mol. The standard InChI is InChI=1S/C18H35NO/c1-3-5-9-15-10-7-13-18(19-15)14-8-12-17(20)16(18)11-6-4-2/h15-17,19-20H,3-14H2,1-2H3/t15-,16?,17?,18?/m1/s1. The zero-order valence-corrected chi connectivity index (χ0v) is 13.7. The molecule has 20 heavy (non-hydrogen) atoms. The summed E-state index contributed by atoms with van der Waals surface area (Å²) >= 11 is 0. The second kappa shape index (κ2) is 7.79. The van der Waals surface area contributed by atoms with E-state index in [2.05, 4.69) is 19.2 Å². The number of hydrogen-bond donors (Lipinski definition) is 2. The van der Waals surface area contributed by atoms with Crippen molar-refractivity contribution in [3.05, 3.63) is 0 Å². The zero-order chi connectivity index (χ0) is 14.4. The van der Waals surface area contributed by atoms with Gasteiger partial charge in [-0.1, -0.05) is 46.0 Å². The lowest BCUT2D eigenvalue weighted by Gasteiger charge is -2.52. The molecule has 2 rings (SSSR count). The fraction of sp³-hybridized carbons (Fsp3) is 1.00. The minimum atomic E-state index is -0.0623. The Balaban J connectivity index is 2.03. The highest BCUT2D eigenvalue weighted by Gasteiger charge is 2.46. The molecule has 4 atom stereocenters. The highest BCUT2D eigenvalue weighted by molar-refractivity contribution is 5.04. The van der Waals surface area contributed by atoms with Gasteiger partial charge < -0.3 is 10.4 Å². The summed E-state index contributed by atoms with van der Waals surface area (Å²) < 4.78 is 0. The van der Waals surface area contributed by atoms with E-state index >= 15 is 0 Å². The average Bonchev–Trinajstić information content (AvgIpc) is 2.45. The Labute approximate surface area is 125 Å². The molecule has 0 aromatic heterocycles. The number of aliphatic hydroxyl groups excluding tert-OH is 1. The van der Waals surface area contributed by atoms with Gasteiger partial charge in [0.2, 0.25) is 0 Å². The number of aliphatic hydroxyl groups is 1. The lowest BCUT2D eigenvalue weighted by atomic mass is 9.64. The first kappa shape index (κ1) is 16.3. The molecule has 2 nitrogen and oxygen atoms in total. The molecule has 2 heteroatoms. The van der Waals surface area contributed by atoms with Gasteiger partial charge in [0.15, 0.2) is 0 Å². The van der Waals surface area contributed by atoms with Crippen molar-refractivity contribution in [2.45, 2.75) is 109 Å². The first-order valence-corrected chi connectivity index (χ1v) is 9.17. The summed E-state index contributed by atoms with van der Waals surface area (Å²) in [6, 6.07) is 0.707. The molecule has 118 valence electrons. The Morgan fingerprint density at radius 2 is 1.65 bits per heavy atom. The van der Waals surface area contributed by atoms with Crippen LogP contribution in [0.5, 0.6) is 0 Å². The quantitative estimate of drug-likeness (QED) is 0.756. The van der Waals surface area contributed by atoms with E-state index in [0.29, 0.717) is 12.0 Å². The minimum Gasteiger partial charge on any atom is -0.393 e. The van der Waals surface area contributed by atoms with Crippen molar-refractivity contribution in [3.8, 4) is 0 Å². The summed E-state index contributed by atoms with van der Waals surface area (Å²) in [5.41, 5.74) is 0.267. The SMILES string of the molecule is CCCCC1C(O)CCCC12CCC[C@@H](CCCC)N2. The first-order valence-electron chi connectivity index (χ1n) is 9.17. The van der Waals surface area contributed by atoms with Crippen LogP contribution in [0.4, 0.5) is 0 Å². The zero-order valence-electron chi connectivity index (χ0n) is 13.7. The van der Waals surface area contributed by atoms with Gasteiger partial charge in [-0.25, -0.2) is 0 Å². The highest BCUT2D eigenvalue weighted by Crippen LogP contribution is 2.43. The maximum absolute atomic E-state index is 10.5. The van der Waals surface area contributed by atoms with Crippen molar-refractivity contribution < 1.29 is 5.11 Å². The molecule has 0 radical (unpaired) electrons. The van der Waals surface area contributed by atoms with Gasteiger partial charge in [-0.3, -0.25) is 0 Å². The third kappa shape index (κ3) is 3.76. The molecule has 2 N–H and O–H groups in total. The Kier molecular flexibility index (Phi) is 6.35. The van der Waals surface area contributed by atoms with Gasteiger partial charge in [0.25, 0.3) is 0 Å². The minimum absolute atomic E-state index is 0.0623. The summed E-state index contributed by atoms with van der Waals surface area (Å²) in [6.45, 7) is 4.55. The van der Waals surface area contributed by atoms with E-state index in [4.69, 9.17) is 0 Å². The molecule has 1 saturated heterocycles. The van der Waals surface area contributed by atoms with Crippen LogP contribution in [-0.4, -0.2) is 22.8 Å². The normalized spacial score (nSPS) is 38.2. The van der Waals surface area contributed by atoms with Gasteiger partial charge in [-0.2, -0.15) is 0 Å². The lowest BCUT2D eigenvalue weighted by molar-refractivity contribution is -0.0257. The Morgan fingerprint density at radius 1 is 1.00 bits per heavy atom. The van der Waals surface area contributed by atoms with Crippen molar-refractivity contribution in [2.75, 3.05) is 0 Å². The predicted octanol–water partition coefficient (Wildman–Crippen LogP) is 4.41. The molecule has 1 spiro atoms. The molecule has 1 aliphatic carbocycles. The van der Waals surface area contributed by atoms with Gasteiger partial charge in [0, 0.05) is 17.5 Å². The molecule has 0 bridgehead atoms. The molecule has 2 fully saturated rings. The molecule has 1 saturated carbocycles. The van der Waals surface area contributed by atoms with Crippen LogP contribution in [0.15, 0.2) is 0 Å². The van der Waals surface area contributed by atoms with Crippen LogP contribution < -0.4 is 5.32 Å². The van der Waals surface area contributed by atoms with Gasteiger partial charge >= 0.3 is 0 Å². The van der Waals surface area contributed by atoms with E-state index in [1.807, 2.05) is 0 Å². The molecule has 0 amide bonds. The smallest absolute Gasteiger partial charge is 0.0586 e. The van der Waals surface area contributed by atoms with Gasteiger partial charge in [-0.15, -0.1) is 0 Å². The van der Waals surface area contributed by atoms with Crippen LogP contribution in [-0.2, 0) is 0 Å². The summed E-state index contributed by atoms with van der Waals surface area (Å²) in [4.78, 5) is 0. The summed E-state index contributed by atoms with van der Waals surface area (Å²) in [6.07, 6.45) is 15.2. The largest absolute Gasteiger partial charge is 0.393 e. The summed E-state index contributed by atoms with van der Waals surface area (Å²) in [5, 5.41) is 14.6. The van der Waals surface area contributed by atoms with E-state index < -0.39 is 0 Å². The fourth-order valence-electron chi connectivity index (χ4n) is 4.65. The third-order valence-electron chi connectivity index (χ3n) is 5.74. The van der Waals surface area contributed by atoms with E-state index in [9.17, 15) is 5.11 Å². The van der Waals surface area contributed by atoms with Crippen molar-refractivity contribution >= 4 is 0 Å². The van der Waals surface area contributed by atoms with Crippen LogP contribution in [0.2, 0.25) is 0 Å². The molecule has 3 unspecified atom stereocenters. The predicted molar refractivity (Wildman–Crippen MR) is 85.9 cm³/mol. The number of piperidine rings is 1. The molecule has 1 heterocycles. The monoisotopic (exact) mass is 281 g/mol. The molecule has 0 aromatic carbocycles. The third-order valence-corrected chi connectivity index (χ3v) is 5.74. The van der Waals surface area contributed by atoms with Crippen LogP contribution >= 0.6 is 0 Å². The Hall–Kier alpha value is -0.0800. The highest BCUT2D eigenvalue weighted by atomic mass is 16.3. The van der Waals surface area contributed by atoms with Crippen LogP contribution in [0.25, 0.3) is 0 Å². The topological polar surface area (TPSA) is 32.3 Å². The van der Waals surface area contributed by atoms with Crippen LogP contribution in [0.1, 0.15) is 90.9 Å². The van der Waals surface area contributed by atoms with E-state index in [0.717, 1.165) is 6.42 Å². The van der Waals surface area contributed by atoms with E-state index in [1.54, 1.807) is 0 Å². The summed E-state index contributed by atoms with van der Waals surface area (Å²) in [5.74, 6) is 0.501. The summed E-state index contributed by atoms with van der Waals surface area (Å²) in [7, 11) is 0. The van der Waals surface area contributed by atoms with Gasteiger partial charge in [0.1, 0.15) is 0 Å². The van der Waals surface area contributed by atoms with Crippen molar-refractivity contribution in [1.29, 1.82) is 0 Å². The number of rotatable bonds is 6. The molecule has 0 aromatic rings. The van der Waals surface area contributed by atoms with Crippen molar-refractivity contribution in [2.24, 2.45) is 5.92 Å². The van der Waals surface area contributed by atoms with E-state index in [-0.39, 0.29) is 11.6 Å². The lowest BCUT2D eigenvalue weighted by Crippen LogP contribution is -2.62. The second-order valence-electron chi connectivity index (χ2n) is 7.24.